The lowest BCUT2D eigenvalue weighted by molar-refractivity contribution is -0.120. The summed E-state index contributed by atoms with van der Waals surface area (Å²) in [5.41, 5.74) is 0.695. The summed E-state index contributed by atoms with van der Waals surface area (Å²) in [4.78, 5) is 11.2. The minimum atomic E-state index is -0.0181. The minimum Gasteiger partial charge on any atom is -0.354 e. The number of nitrogens with zero attached hydrogens (tertiary/aromatic N) is 3. The maximum absolute atomic E-state index is 11.2. The number of amides is 1. The molecule has 0 aromatic carbocycles. The van der Waals surface area contributed by atoms with Crippen molar-refractivity contribution < 1.29 is 4.79 Å². The normalized spacial score (nSPS) is 10.5. The topological polar surface area (TPSA) is 59.8 Å². The average molecular weight is 182 g/mol. The summed E-state index contributed by atoms with van der Waals surface area (Å²) < 4.78 is 1.58. The number of hydrogen-bond acceptors (Lipinski definition) is 3. The molecule has 0 aliphatic carbocycles. The lowest BCUT2D eigenvalue weighted by Gasteiger charge is -2.05. The Morgan fingerprint density at radius 2 is 2.38 bits per heavy atom. The van der Waals surface area contributed by atoms with Crippen LogP contribution in [0.5, 0.6) is 0 Å². The lowest BCUT2D eigenvalue weighted by Crippen LogP contribution is -2.31. The Morgan fingerprint density at radius 1 is 1.69 bits per heavy atom. The monoisotopic (exact) mass is 182 g/mol. The zero-order chi connectivity index (χ0) is 9.84. The van der Waals surface area contributed by atoms with E-state index in [0.717, 1.165) is 0 Å². The van der Waals surface area contributed by atoms with Gasteiger partial charge >= 0.3 is 0 Å². The number of nitrogens with one attached hydrogen (secondary N) is 1. The summed E-state index contributed by atoms with van der Waals surface area (Å²) in [6.45, 7) is 3.85. The summed E-state index contributed by atoms with van der Waals surface area (Å²) in [6.07, 6.45) is 2.03. The summed E-state index contributed by atoms with van der Waals surface area (Å²) >= 11 is 0. The Kier molecular flexibility index (Phi) is 3.00. The van der Waals surface area contributed by atoms with Crippen molar-refractivity contribution in [2.75, 3.05) is 0 Å². The fourth-order valence-corrected chi connectivity index (χ4v) is 1.01. The number of aromatic nitrogens is 3. The molecule has 0 saturated heterocycles. The molecule has 13 heavy (non-hydrogen) atoms. The molecule has 1 amide bonds. The molecule has 1 N–H and O–H groups in total. The fraction of sp³-hybridized carbons (Fsp3) is 0.625. The molecule has 0 atom stereocenters. The Labute approximate surface area is 77.1 Å². The van der Waals surface area contributed by atoms with Gasteiger partial charge in [0.05, 0.1) is 12.1 Å². The van der Waals surface area contributed by atoms with E-state index in [0.29, 0.717) is 12.1 Å². The van der Waals surface area contributed by atoms with Crippen molar-refractivity contribution in [1.82, 2.24) is 20.3 Å². The van der Waals surface area contributed by atoms with E-state index < -0.39 is 0 Å². The molecular weight excluding hydrogens is 168 g/mol. The fourth-order valence-electron chi connectivity index (χ4n) is 1.01. The number of carbonyl (C=O) groups excluding carboxylic acids is 1. The van der Waals surface area contributed by atoms with E-state index in [1.165, 1.54) is 0 Å². The highest BCUT2D eigenvalue weighted by molar-refractivity contribution is 5.78. The van der Waals surface area contributed by atoms with Gasteiger partial charge in [-0.15, -0.1) is 5.10 Å². The van der Waals surface area contributed by atoms with Gasteiger partial charge in [-0.1, -0.05) is 5.21 Å². The van der Waals surface area contributed by atoms with Crippen LogP contribution in [0.2, 0.25) is 0 Å². The first-order valence-corrected chi connectivity index (χ1v) is 4.22. The smallest absolute Gasteiger partial charge is 0.226 e. The van der Waals surface area contributed by atoms with Gasteiger partial charge in [0.25, 0.3) is 0 Å². The molecule has 1 aromatic heterocycles. The second-order valence-electron chi connectivity index (χ2n) is 3.28. The zero-order valence-electron chi connectivity index (χ0n) is 8.11. The van der Waals surface area contributed by atoms with Gasteiger partial charge in [0.15, 0.2) is 0 Å². The van der Waals surface area contributed by atoms with Crippen molar-refractivity contribution in [3.05, 3.63) is 11.9 Å². The van der Waals surface area contributed by atoms with Gasteiger partial charge in [-0.05, 0) is 13.8 Å². The Hall–Kier alpha value is -1.39. The van der Waals surface area contributed by atoms with Crippen molar-refractivity contribution in [2.24, 2.45) is 7.05 Å². The molecule has 0 spiro atoms. The third-order valence-electron chi connectivity index (χ3n) is 1.44. The number of rotatable bonds is 3. The van der Waals surface area contributed by atoms with Gasteiger partial charge in [-0.2, -0.15) is 0 Å². The molecule has 0 bridgehead atoms. The molecular formula is C8H14N4O. The van der Waals surface area contributed by atoms with Gasteiger partial charge in [-0.25, -0.2) is 0 Å². The van der Waals surface area contributed by atoms with Crippen LogP contribution >= 0.6 is 0 Å². The van der Waals surface area contributed by atoms with Crippen molar-refractivity contribution >= 4 is 5.91 Å². The highest BCUT2D eigenvalue weighted by Crippen LogP contribution is 1.93. The molecule has 0 aliphatic heterocycles. The van der Waals surface area contributed by atoms with E-state index >= 15 is 0 Å². The van der Waals surface area contributed by atoms with Gasteiger partial charge < -0.3 is 5.32 Å². The molecule has 1 aromatic rings. The highest BCUT2D eigenvalue weighted by Gasteiger charge is 2.06. The van der Waals surface area contributed by atoms with E-state index in [9.17, 15) is 4.79 Å². The van der Waals surface area contributed by atoms with Crippen LogP contribution in [-0.2, 0) is 18.3 Å². The maximum Gasteiger partial charge on any atom is 0.226 e. The third-order valence-corrected chi connectivity index (χ3v) is 1.44. The van der Waals surface area contributed by atoms with Crippen molar-refractivity contribution in [1.29, 1.82) is 0 Å². The molecule has 5 heteroatoms. The first-order chi connectivity index (χ1) is 6.08. The van der Waals surface area contributed by atoms with Crippen molar-refractivity contribution in [3.63, 3.8) is 0 Å². The molecule has 0 radical (unpaired) electrons. The van der Waals surface area contributed by atoms with E-state index in [2.05, 4.69) is 15.6 Å². The highest BCUT2D eigenvalue weighted by atomic mass is 16.1. The van der Waals surface area contributed by atoms with Gasteiger partial charge in [0, 0.05) is 19.3 Å². The molecule has 5 nitrogen and oxygen atoms in total. The second-order valence-corrected chi connectivity index (χ2v) is 3.28. The standard InChI is InChI=1S/C8H14N4O/c1-6(2)9-8(13)4-7-5-12(3)11-10-7/h5-6H,4H2,1-3H3,(H,9,13). The van der Waals surface area contributed by atoms with E-state index in [1.54, 1.807) is 17.9 Å². The van der Waals surface area contributed by atoms with Crippen LogP contribution in [0.15, 0.2) is 6.20 Å². The predicted molar refractivity (Wildman–Crippen MR) is 48.0 cm³/mol. The molecule has 0 saturated carbocycles. The molecule has 72 valence electrons. The van der Waals surface area contributed by atoms with E-state index in [-0.39, 0.29) is 11.9 Å². The third kappa shape index (κ3) is 3.23. The maximum atomic E-state index is 11.2. The van der Waals surface area contributed by atoms with Crippen LogP contribution < -0.4 is 5.32 Å². The molecule has 1 rings (SSSR count). The van der Waals surface area contributed by atoms with Crippen LogP contribution in [0.4, 0.5) is 0 Å². The summed E-state index contributed by atoms with van der Waals surface area (Å²) in [5, 5.41) is 10.3. The molecule has 0 fully saturated rings. The van der Waals surface area contributed by atoms with E-state index in [4.69, 9.17) is 0 Å². The second kappa shape index (κ2) is 4.02. The first kappa shape index (κ1) is 9.70. The largest absolute Gasteiger partial charge is 0.354 e. The van der Waals surface area contributed by atoms with Gasteiger partial charge in [0.2, 0.25) is 5.91 Å². The van der Waals surface area contributed by atoms with Crippen LogP contribution in [0.3, 0.4) is 0 Å². The summed E-state index contributed by atoms with van der Waals surface area (Å²) in [7, 11) is 1.77. The molecule has 0 unspecified atom stereocenters. The molecule has 0 aliphatic rings. The van der Waals surface area contributed by atoms with Crippen molar-refractivity contribution in [3.8, 4) is 0 Å². The van der Waals surface area contributed by atoms with Crippen LogP contribution in [-0.4, -0.2) is 26.9 Å². The van der Waals surface area contributed by atoms with Crippen molar-refractivity contribution in [2.45, 2.75) is 26.3 Å². The Morgan fingerprint density at radius 3 is 2.85 bits per heavy atom. The molecule has 1 heterocycles. The van der Waals surface area contributed by atoms with Gasteiger partial charge in [-0.3, -0.25) is 9.48 Å². The van der Waals surface area contributed by atoms with Crippen LogP contribution in [0, 0.1) is 0 Å². The van der Waals surface area contributed by atoms with Crippen LogP contribution in [0.25, 0.3) is 0 Å². The average Bonchev–Trinajstić information content (AvgIpc) is 2.33. The Balaban J connectivity index is 2.45. The quantitative estimate of drug-likeness (QED) is 0.709. The zero-order valence-corrected chi connectivity index (χ0v) is 8.11. The number of carbonyl (C=O) groups is 1. The number of hydrogen-bond donors (Lipinski definition) is 1. The van der Waals surface area contributed by atoms with Crippen LogP contribution in [0.1, 0.15) is 19.5 Å². The summed E-state index contributed by atoms with van der Waals surface area (Å²) in [5.74, 6) is -0.0181. The Bertz CT molecular complexity index is 292. The minimum absolute atomic E-state index is 0.0181. The van der Waals surface area contributed by atoms with E-state index in [1.807, 2.05) is 13.8 Å². The number of aryl methyl sites for hydroxylation is 1. The SMILES string of the molecule is CC(C)NC(=O)Cc1cn(C)nn1. The predicted octanol–water partition coefficient (Wildman–Crippen LogP) is -0.118. The van der Waals surface area contributed by atoms with Gasteiger partial charge in [0.1, 0.15) is 0 Å². The first-order valence-electron chi connectivity index (χ1n) is 4.22. The lowest BCUT2D eigenvalue weighted by atomic mass is 10.3. The summed E-state index contributed by atoms with van der Waals surface area (Å²) in [6, 6.07) is 0.171.